The summed E-state index contributed by atoms with van der Waals surface area (Å²) in [4.78, 5) is 0. The van der Waals surface area contributed by atoms with Crippen LogP contribution in [0.4, 0.5) is 0 Å². The van der Waals surface area contributed by atoms with Crippen molar-refractivity contribution in [3.63, 3.8) is 0 Å². The highest BCUT2D eigenvalue weighted by Gasteiger charge is 2.59. The van der Waals surface area contributed by atoms with E-state index in [0.717, 1.165) is 0 Å². The van der Waals surface area contributed by atoms with Gasteiger partial charge in [0.1, 0.15) is 15.9 Å². The Morgan fingerprint density at radius 3 is 1.45 bits per heavy atom. The zero-order valence-electron chi connectivity index (χ0n) is 17.3. The molecule has 5 rings (SSSR count). The van der Waals surface area contributed by atoms with Gasteiger partial charge in [-0.25, -0.2) is 0 Å². The molecule has 2 aliphatic rings. The molecular weight excluding hydrogens is 368 g/mol. The molecule has 1 nitrogen and oxygen atoms in total. The molecule has 146 valence electrons. The number of quaternary nitrogens is 1. The van der Waals surface area contributed by atoms with Crippen LogP contribution in [0.5, 0.6) is 0 Å². The van der Waals surface area contributed by atoms with Crippen LogP contribution in [-0.2, 0) is 0 Å². The molecule has 1 spiro atoms. The van der Waals surface area contributed by atoms with Crippen LogP contribution in [0.15, 0.2) is 91.0 Å². The molecule has 3 heteroatoms. The number of piperidine rings is 1. The quantitative estimate of drug-likeness (QED) is 0.454. The van der Waals surface area contributed by atoms with Crippen LogP contribution in [0.2, 0.25) is 0 Å². The van der Waals surface area contributed by atoms with Crippen LogP contribution in [-0.4, -0.2) is 36.5 Å². The SMILES string of the molecule is C[C@H]1[C@H]([P+](c2ccccc2)(c2ccccc2)c2ccccc2)[B-][N+]12CCCCC2. The maximum atomic E-state index is 2.75. The summed E-state index contributed by atoms with van der Waals surface area (Å²) in [6, 6.07) is 34.8. The number of benzene rings is 3. The topological polar surface area (TPSA) is 0 Å². The van der Waals surface area contributed by atoms with E-state index in [0.29, 0.717) is 11.6 Å². The smallest absolute Gasteiger partial charge is 0.101 e. The van der Waals surface area contributed by atoms with Gasteiger partial charge in [0.25, 0.3) is 0 Å². The number of hydrogen-bond donors (Lipinski definition) is 0. The summed E-state index contributed by atoms with van der Waals surface area (Å²) < 4.78 is 1.24. The molecule has 0 saturated carbocycles. The highest BCUT2D eigenvalue weighted by molar-refractivity contribution is 7.97. The molecule has 0 amide bonds. The van der Waals surface area contributed by atoms with Crippen molar-refractivity contribution in [1.29, 1.82) is 0 Å². The maximum absolute atomic E-state index is 2.75. The largest absolute Gasteiger partial charge is 0.554 e. The van der Waals surface area contributed by atoms with E-state index in [2.05, 4.69) is 105 Å². The molecule has 0 N–H and O–H groups in total. The molecule has 2 atom stereocenters. The van der Waals surface area contributed by atoms with Crippen molar-refractivity contribution in [2.24, 2.45) is 0 Å². The molecular formula is C26H30BNP+. The Labute approximate surface area is 177 Å². The van der Waals surface area contributed by atoms with Crippen LogP contribution >= 0.6 is 7.26 Å². The van der Waals surface area contributed by atoms with Crippen LogP contribution in [0.3, 0.4) is 0 Å². The molecule has 0 bridgehead atoms. The molecule has 0 aliphatic carbocycles. The Hall–Kier alpha value is -1.89. The van der Waals surface area contributed by atoms with Gasteiger partial charge in [0.05, 0.1) is 14.7 Å². The molecule has 2 heterocycles. The zero-order valence-corrected chi connectivity index (χ0v) is 18.2. The van der Waals surface area contributed by atoms with Gasteiger partial charge in [0, 0.05) is 24.7 Å². The maximum Gasteiger partial charge on any atom is 0.101 e. The van der Waals surface area contributed by atoms with Gasteiger partial charge in [-0.05, 0) is 62.6 Å². The van der Waals surface area contributed by atoms with E-state index in [9.17, 15) is 0 Å². The molecule has 3 aromatic carbocycles. The summed E-state index contributed by atoms with van der Waals surface area (Å²) in [5.41, 5.74) is 0.591. The van der Waals surface area contributed by atoms with E-state index < -0.39 is 7.26 Å². The van der Waals surface area contributed by atoms with Crippen LogP contribution in [0.1, 0.15) is 26.2 Å². The van der Waals surface area contributed by atoms with Gasteiger partial charge in [-0.2, -0.15) is 0 Å². The van der Waals surface area contributed by atoms with Crippen molar-refractivity contribution in [2.75, 3.05) is 13.1 Å². The second kappa shape index (κ2) is 7.75. The second-order valence-corrected chi connectivity index (χ2v) is 12.3. The lowest BCUT2D eigenvalue weighted by atomic mass is 9.63. The first-order chi connectivity index (χ1) is 14.3. The van der Waals surface area contributed by atoms with E-state index in [1.165, 1.54) is 52.7 Å². The fourth-order valence-electron chi connectivity index (χ4n) is 5.80. The molecule has 2 saturated heterocycles. The monoisotopic (exact) mass is 398 g/mol. The highest BCUT2D eigenvalue weighted by atomic mass is 31.2. The average molecular weight is 398 g/mol. The third-order valence-electron chi connectivity index (χ3n) is 7.34. The van der Waals surface area contributed by atoms with E-state index in [1.54, 1.807) is 0 Å². The molecule has 2 fully saturated rings. The van der Waals surface area contributed by atoms with Crippen molar-refractivity contribution >= 4 is 30.6 Å². The fraction of sp³-hybridized carbons (Fsp3) is 0.308. The van der Waals surface area contributed by atoms with Gasteiger partial charge in [-0.3, -0.25) is 0 Å². The van der Waals surface area contributed by atoms with Gasteiger partial charge < -0.3 is 4.39 Å². The van der Waals surface area contributed by atoms with Crippen molar-refractivity contribution in [3.8, 4) is 0 Å². The minimum absolute atomic E-state index is 0.591. The first-order valence-electron chi connectivity index (χ1n) is 11.1. The first-order valence-corrected chi connectivity index (χ1v) is 12.9. The Bertz CT molecular complexity index is 842. The average Bonchev–Trinajstić information content (AvgIpc) is 2.82. The standard InChI is InChI=1S/C26H30BNP/c1-22-26(27-28(22)20-12-5-13-21-28)29(23-14-6-2-7-15-23,24-16-8-3-9-17-24)25-18-10-4-11-19-25/h2-4,6-11,14-19,22,26H,5,12-13,20-21H2,1H3/q+1/t22-,26-/m0/s1. The predicted octanol–water partition coefficient (Wildman–Crippen LogP) is 4.33. The van der Waals surface area contributed by atoms with E-state index in [-0.39, 0.29) is 0 Å². The lowest BCUT2D eigenvalue weighted by molar-refractivity contribution is -0.872. The fourth-order valence-corrected chi connectivity index (χ4v) is 11.0. The van der Waals surface area contributed by atoms with Crippen LogP contribution < -0.4 is 15.9 Å². The second-order valence-electron chi connectivity index (χ2n) is 8.72. The summed E-state index contributed by atoms with van der Waals surface area (Å²) in [6.07, 6.45) is 4.16. The molecule has 0 unspecified atom stereocenters. The van der Waals surface area contributed by atoms with Gasteiger partial charge in [0.15, 0.2) is 0 Å². The minimum atomic E-state index is -1.78. The van der Waals surface area contributed by atoms with Crippen molar-refractivity contribution in [2.45, 2.75) is 37.8 Å². The summed E-state index contributed by atoms with van der Waals surface area (Å²) in [7, 11) is 0.977. The van der Waals surface area contributed by atoms with Gasteiger partial charge >= 0.3 is 0 Å². The summed E-state index contributed by atoms with van der Waals surface area (Å²) in [5, 5.41) is 4.54. The number of hydrogen-bond acceptors (Lipinski definition) is 0. The van der Waals surface area contributed by atoms with Gasteiger partial charge in [0.2, 0.25) is 0 Å². The third-order valence-corrected chi connectivity index (χ3v) is 12.1. The predicted molar refractivity (Wildman–Crippen MR) is 128 cm³/mol. The first kappa shape index (κ1) is 19.1. The summed E-state index contributed by atoms with van der Waals surface area (Å²) in [5.74, 6) is 0. The Kier molecular flexibility index (Phi) is 5.10. The summed E-state index contributed by atoms with van der Waals surface area (Å²) >= 11 is 0. The van der Waals surface area contributed by atoms with E-state index in [1.807, 2.05) is 0 Å². The molecule has 2 aliphatic heterocycles. The van der Waals surface area contributed by atoms with Gasteiger partial charge in [-0.1, -0.05) is 54.6 Å². The third kappa shape index (κ3) is 3.00. The van der Waals surface area contributed by atoms with Crippen LogP contribution in [0.25, 0.3) is 0 Å². The molecule has 29 heavy (non-hydrogen) atoms. The van der Waals surface area contributed by atoms with E-state index in [4.69, 9.17) is 0 Å². The summed E-state index contributed by atoms with van der Waals surface area (Å²) in [6.45, 7) is 5.19. The lowest BCUT2D eigenvalue weighted by Crippen LogP contribution is -2.78. The lowest BCUT2D eigenvalue weighted by Gasteiger charge is -2.71. The molecule has 2 radical (unpaired) electrons. The van der Waals surface area contributed by atoms with Crippen LogP contribution in [0, 0.1) is 0 Å². The Morgan fingerprint density at radius 2 is 1.07 bits per heavy atom. The Balaban J connectivity index is 1.71. The Morgan fingerprint density at radius 1 is 0.655 bits per heavy atom. The number of rotatable bonds is 4. The van der Waals surface area contributed by atoms with Crippen molar-refractivity contribution in [1.82, 2.24) is 0 Å². The highest BCUT2D eigenvalue weighted by Crippen LogP contribution is 2.64. The van der Waals surface area contributed by atoms with E-state index >= 15 is 0 Å². The van der Waals surface area contributed by atoms with Crippen molar-refractivity contribution in [3.05, 3.63) is 91.0 Å². The van der Waals surface area contributed by atoms with Gasteiger partial charge in [-0.15, -0.1) is 0 Å². The minimum Gasteiger partial charge on any atom is -0.554 e. The normalized spacial score (nSPS) is 23.5. The molecule has 0 aromatic heterocycles. The van der Waals surface area contributed by atoms with Crippen molar-refractivity contribution < 1.29 is 4.39 Å². The zero-order chi connectivity index (χ0) is 19.7. The molecule has 3 aromatic rings. The number of nitrogens with zero attached hydrogens (tertiary/aromatic N) is 1.